The summed E-state index contributed by atoms with van der Waals surface area (Å²) in [6, 6.07) is 0. The van der Waals surface area contributed by atoms with E-state index in [0.717, 1.165) is 0 Å². The largest absolute Gasteiger partial charge is 0.391 e. The Kier molecular flexibility index (Phi) is 11.3. The molecule has 0 aliphatic carbocycles. The smallest absolute Gasteiger partial charge is 0.0745 e. The lowest BCUT2D eigenvalue weighted by Gasteiger charge is -2.06. The van der Waals surface area contributed by atoms with Crippen LogP contribution in [0.3, 0.4) is 0 Å². The van der Waals surface area contributed by atoms with Crippen molar-refractivity contribution >= 4 is 0 Å². The maximum Gasteiger partial charge on any atom is 0.0745 e. The number of allylic oxidation sites excluding steroid dienone is 1. The summed E-state index contributed by atoms with van der Waals surface area (Å²) in [7, 11) is 0. The summed E-state index contributed by atoms with van der Waals surface area (Å²) in [5, 5.41) is 17.3. The fourth-order valence-corrected chi connectivity index (χ4v) is 0.409. The molecule has 0 saturated heterocycles. The van der Waals surface area contributed by atoms with Crippen LogP contribution < -0.4 is 0 Å². The summed E-state index contributed by atoms with van der Waals surface area (Å²) in [6.45, 7) is 11.4. The number of hydrogen-bond acceptors (Lipinski definition) is 3. The first kappa shape index (κ1) is 15.1. The van der Waals surface area contributed by atoms with Gasteiger partial charge in [-0.2, -0.15) is 0 Å². The normalized spacial score (nSPS) is 14.0. The number of aliphatic hydroxyl groups is 2. The Labute approximate surface area is 81.0 Å². The van der Waals surface area contributed by atoms with Crippen molar-refractivity contribution in [3.63, 3.8) is 0 Å². The highest BCUT2D eigenvalue weighted by Crippen LogP contribution is 1.85. The summed E-state index contributed by atoms with van der Waals surface area (Å²) < 4.78 is 4.86. The van der Waals surface area contributed by atoms with Crippen LogP contribution in [0.1, 0.15) is 27.7 Å². The second kappa shape index (κ2) is 9.71. The van der Waals surface area contributed by atoms with E-state index in [1.807, 2.05) is 13.8 Å². The summed E-state index contributed by atoms with van der Waals surface area (Å²) >= 11 is 0. The molecule has 80 valence electrons. The summed E-state index contributed by atoms with van der Waals surface area (Å²) in [5.74, 6) is 0. The van der Waals surface area contributed by atoms with E-state index in [1.165, 1.54) is 5.57 Å². The predicted molar refractivity (Wildman–Crippen MR) is 54.7 cm³/mol. The minimum absolute atomic E-state index is 0.297. The van der Waals surface area contributed by atoms with Gasteiger partial charge in [0.2, 0.25) is 0 Å². The molecule has 2 N–H and O–H groups in total. The zero-order chi connectivity index (χ0) is 10.9. The third-order valence-corrected chi connectivity index (χ3v) is 0.718. The monoisotopic (exact) mass is 190 g/mol. The highest BCUT2D eigenvalue weighted by Gasteiger charge is 1.97. The number of hydrogen-bond donors (Lipinski definition) is 2. The van der Waals surface area contributed by atoms with E-state index in [9.17, 15) is 0 Å². The standard InChI is InChI=1S/C6H14O3.C4H8/c1-5(7)3-9-4-6(2)8;1-4(2)3/h5-8H,3-4H2,1-2H3;1H2,2-3H3. The Bertz CT molecular complexity index is 107. The predicted octanol–water partition coefficient (Wildman–Crippen LogP) is 1.35. The van der Waals surface area contributed by atoms with Crippen molar-refractivity contribution < 1.29 is 14.9 Å². The van der Waals surface area contributed by atoms with E-state index in [-0.39, 0.29) is 0 Å². The highest BCUT2D eigenvalue weighted by atomic mass is 16.5. The highest BCUT2D eigenvalue weighted by molar-refractivity contribution is 4.78. The number of ether oxygens (including phenoxy) is 1. The topological polar surface area (TPSA) is 49.7 Å². The quantitative estimate of drug-likeness (QED) is 0.658. The Morgan fingerprint density at radius 1 is 1.15 bits per heavy atom. The molecule has 0 saturated carbocycles. The molecule has 3 nitrogen and oxygen atoms in total. The molecule has 0 aliphatic rings. The van der Waals surface area contributed by atoms with Gasteiger partial charge in [-0.05, 0) is 27.7 Å². The van der Waals surface area contributed by atoms with Crippen molar-refractivity contribution in [2.75, 3.05) is 13.2 Å². The Morgan fingerprint density at radius 2 is 1.38 bits per heavy atom. The number of rotatable bonds is 4. The molecule has 0 spiro atoms. The molecule has 0 radical (unpaired) electrons. The van der Waals surface area contributed by atoms with E-state index in [4.69, 9.17) is 14.9 Å². The molecule has 2 atom stereocenters. The molecule has 0 rings (SSSR count). The Morgan fingerprint density at radius 3 is 1.54 bits per heavy atom. The SMILES string of the molecule is C=C(C)C.CC(O)COCC(C)O. The average Bonchev–Trinajstić information content (AvgIpc) is 1.83. The molecule has 2 unspecified atom stereocenters. The van der Waals surface area contributed by atoms with E-state index in [0.29, 0.717) is 13.2 Å². The van der Waals surface area contributed by atoms with Gasteiger partial charge in [-0.3, -0.25) is 0 Å². The molecule has 0 aliphatic heterocycles. The molecule has 0 fully saturated rings. The van der Waals surface area contributed by atoms with Gasteiger partial charge in [0, 0.05) is 0 Å². The van der Waals surface area contributed by atoms with Crippen molar-refractivity contribution in [2.45, 2.75) is 39.9 Å². The molecule has 0 aromatic carbocycles. The van der Waals surface area contributed by atoms with Gasteiger partial charge in [0.1, 0.15) is 0 Å². The lowest BCUT2D eigenvalue weighted by Crippen LogP contribution is -2.16. The lowest BCUT2D eigenvalue weighted by atomic mass is 10.4. The van der Waals surface area contributed by atoms with E-state index >= 15 is 0 Å². The molecule has 0 bridgehead atoms. The van der Waals surface area contributed by atoms with Gasteiger partial charge in [-0.1, -0.05) is 5.57 Å². The first-order chi connectivity index (χ1) is 5.86. The van der Waals surface area contributed by atoms with Crippen LogP contribution in [0.5, 0.6) is 0 Å². The third kappa shape index (κ3) is 34.0. The lowest BCUT2D eigenvalue weighted by molar-refractivity contribution is 0.00392. The van der Waals surface area contributed by atoms with Crippen molar-refractivity contribution in [1.29, 1.82) is 0 Å². The molecule has 0 heterocycles. The molecule has 3 heteroatoms. The van der Waals surface area contributed by atoms with Crippen LogP contribution >= 0.6 is 0 Å². The summed E-state index contributed by atoms with van der Waals surface area (Å²) in [4.78, 5) is 0. The molecule has 0 amide bonds. The van der Waals surface area contributed by atoms with Gasteiger partial charge in [-0.15, -0.1) is 6.58 Å². The van der Waals surface area contributed by atoms with Crippen LogP contribution in [0.25, 0.3) is 0 Å². The van der Waals surface area contributed by atoms with Crippen LogP contribution in [0.4, 0.5) is 0 Å². The van der Waals surface area contributed by atoms with Gasteiger partial charge in [0.05, 0.1) is 25.4 Å². The Balaban J connectivity index is 0. The Hall–Kier alpha value is -0.380. The van der Waals surface area contributed by atoms with Crippen LogP contribution in [-0.2, 0) is 4.74 Å². The van der Waals surface area contributed by atoms with E-state index < -0.39 is 12.2 Å². The van der Waals surface area contributed by atoms with Gasteiger partial charge in [-0.25, -0.2) is 0 Å². The van der Waals surface area contributed by atoms with Gasteiger partial charge < -0.3 is 14.9 Å². The van der Waals surface area contributed by atoms with Crippen molar-refractivity contribution in [1.82, 2.24) is 0 Å². The summed E-state index contributed by atoms with van der Waals surface area (Å²) in [6.07, 6.45) is -0.882. The second-order valence-electron chi connectivity index (χ2n) is 3.44. The van der Waals surface area contributed by atoms with E-state index in [2.05, 4.69) is 6.58 Å². The molecule has 0 aromatic heterocycles. The first-order valence-corrected chi connectivity index (χ1v) is 4.42. The molecular formula is C10H22O3. The van der Waals surface area contributed by atoms with Gasteiger partial charge >= 0.3 is 0 Å². The van der Waals surface area contributed by atoms with Crippen LogP contribution in [0.2, 0.25) is 0 Å². The van der Waals surface area contributed by atoms with Crippen LogP contribution in [0, 0.1) is 0 Å². The van der Waals surface area contributed by atoms with Crippen LogP contribution in [-0.4, -0.2) is 35.6 Å². The first-order valence-electron chi connectivity index (χ1n) is 4.42. The van der Waals surface area contributed by atoms with Crippen LogP contribution in [0.15, 0.2) is 12.2 Å². The minimum atomic E-state index is -0.441. The van der Waals surface area contributed by atoms with E-state index in [1.54, 1.807) is 13.8 Å². The van der Waals surface area contributed by atoms with Crippen molar-refractivity contribution in [2.24, 2.45) is 0 Å². The average molecular weight is 190 g/mol. The van der Waals surface area contributed by atoms with Crippen molar-refractivity contribution in [3.05, 3.63) is 12.2 Å². The molecule has 0 aromatic rings. The molecule has 13 heavy (non-hydrogen) atoms. The maximum absolute atomic E-state index is 8.66. The maximum atomic E-state index is 8.66. The van der Waals surface area contributed by atoms with Crippen molar-refractivity contribution in [3.8, 4) is 0 Å². The zero-order valence-corrected chi connectivity index (χ0v) is 9.08. The molecular weight excluding hydrogens is 168 g/mol. The van der Waals surface area contributed by atoms with Gasteiger partial charge in [0.25, 0.3) is 0 Å². The fraction of sp³-hybridized carbons (Fsp3) is 0.800. The number of aliphatic hydroxyl groups excluding tert-OH is 2. The minimum Gasteiger partial charge on any atom is -0.391 e. The second-order valence-corrected chi connectivity index (χ2v) is 3.44. The van der Waals surface area contributed by atoms with Gasteiger partial charge in [0.15, 0.2) is 0 Å². The zero-order valence-electron chi connectivity index (χ0n) is 9.08. The third-order valence-electron chi connectivity index (χ3n) is 0.718. The summed E-state index contributed by atoms with van der Waals surface area (Å²) in [5.41, 5.74) is 1.17. The fourth-order valence-electron chi connectivity index (χ4n) is 0.409.